The van der Waals surface area contributed by atoms with E-state index in [1.807, 2.05) is 32.9 Å². The van der Waals surface area contributed by atoms with Gasteiger partial charge in [0.1, 0.15) is 30.5 Å². The first kappa shape index (κ1) is 29.0. The highest BCUT2D eigenvalue weighted by Crippen LogP contribution is 2.22. The van der Waals surface area contributed by atoms with Crippen molar-refractivity contribution >= 4 is 0 Å². The van der Waals surface area contributed by atoms with E-state index in [9.17, 15) is 25.5 Å². The minimum atomic E-state index is -1.87. The van der Waals surface area contributed by atoms with Crippen LogP contribution in [0.15, 0.2) is 41.6 Å². The molecule has 5 atom stereocenters. The van der Waals surface area contributed by atoms with Crippen LogP contribution >= 0.6 is 0 Å². The molecule has 0 aliphatic rings. The Bertz CT molecular complexity index is 1040. The first-order valence-corrected chi connectivity index (χ1v) is 12.0. The monoisotopic (exact) mass is 484 g/mol. The molecule has 0 amide bonds. The van der Waals surface area contributed by atoms with E-state index >= 15 is 0 Å². The van der Waals surface area contributed by atoms with E-state index in [1.165, 1.54) is 22.3 Å². The molecule has 0 spiro atoms. The number of aliphatic hydroxyl groups is 6. The molecule has 0 radical (unpaired) electrons. The van der Waals surface area contributed by atoms with Crippen molar-refractivity contribution in [3.63, 3.8) is 0 Å². The summed E-state index contributed by atoms with van der Waals surface area (Å²) in [6.07, 6.45) is -6.06. The topological polar surface area (TPSA) is 121 Å². The number of rotatable bonds is 10. The molecule has 0 heterocycles. The minimum absolute atomic E-state index is 0.272. The lowest BCUT2D eigenvalue weighted by Crippen LogP contribution is -2.50. The molecule has 0 aliphatic heterocycles. The van der Waals surface area contributed by atoms with Gasteiger partial charge in [-0.05, 0) is 98.5 Å². The lowest BCUT2D eigenvalue weighted by Gasteiger charge is -2.29. The fourth-order valence-corrected chi connectivity index (χ4v) is 4.16. The van der Waals surface area contributed by atoms with E-state index in [2.05, 4.69) is 38.6 Å². The zero-order valence-corrected chi connectivity index (χ0v) is 21.6. The predicted molar refractivity (Wildman–Crippen MR) is 137 cm³/mol. The second-order valence-corrected chi connectivity index (χ2v) is 9.63. The molecule has 0 aromatic heterocycles. The van der Waals surface area contributed by atoms with Crippen molar-refractivity contribution in [3.8, 4) is 0 Å². The molecule has 1 unspecified atom stereocenters. The van der Waals surface area contributed by atoms with Gasteiger partial charge in [-0.1, -0.05) is 24.3 Å². The van der Waals surface area contributed by atoms with Gasteiger partial charge >= 0.3 is 0 Å². The van der Waals surface area contributed by atoms with Crippen LogP contribution in [0.4, 0.5) is 0 Å². The van der Waals surface area contributed by atoms with E-state index in [-0.39, 0.29) is 6.42 Å². The summed E-state index contributed by atoms with van der Waals surface area (Å²) in [4.78, 5) is 0. The fraction of sp³-hybridized carbons (Fsp3) is 0.483. The van der Waals surface area contributed by atoms with E-state index in [0.29, 0.717) is 12.0 Å². The molecule has 192 valence electrons. The molecule has 6 heteroatoms. The highest BCUT2D eigenvalue weighted by molar-refractivity contribution is 5.40. The quantitative estimate of drug-likeness (QED) is 0.288. The summed E-state index contributed by atoms with van der Waals surface area (Å²) in [5.74, 6) is 0. The van der Waals surface area contributed by atoms with Gasteiger partial charge in [-0.15, -0.1) is 5.73 Å². The van der Waals surface area contributed by atoms with Gasteiger partial charge in [-0.25, -0.2) is 0 Å². The molecular weight excluding hydrogens is 444 g/mol. The van der Waals surface area contributed by atoms with Gasteiger partial charge in [0, 0.05) is 12.0 Å². The number of hydrogen-bond donors (Lipinski definition) is 6. The third kappa shape index (κ3) is 7.35. The largest absolute Gasteiger partial charge is 0.394 e. The zero-order chi connectivity index (χ0) is 26.4. The maximum absolute atomic E-state index is 10.9. The molecule has 2 rings (SSSR count). The molecule has 2 aromatic rings. The lowest BCUT2D eigenvalue weighted by molar-refractivity contribution is -0.134. The number of hydrogen-bond acceptors (Lipinski definition) is 6. The molecule has 0 bridgehead atoms. The second-order valence-electron chi connectivity index (χ2n) is 9.63. The average molecular weight is 485 g/mol. The molecule has 6 nitrogen and oxygen atoms in total. The van der Waals surface area contributed by atoms with Gasteiger partial charge in [-0.2, -0.15) is 0 Å². The molecule has 0 aliphatic carbocycles. The summed E-state index contributed by atoms with van der Waals surface area (Å²) in [6, 6.07) is 8.23. The molecule has 35 heavy (non-hydrogen) atoms. The maximum atomic E-state index is 10.9. The van der Waals surface area contributed by atoms with E-state index in [1.54, 1.807) is 6.08 Å². The van der Waals surface area contributed by atoms with Crippen LogP contribution in [0, 0.1) is 41.5 Å². The summed E-state index contributed by atoms with van der Waals surface area (Å²) in [7, 11) is 0. The molecule has 2 aromatic carbocycles. The Balaban J connectivity index is 2.42. The number of aryl methyl sites for hydroxylation is 4. The normalized spacial score (nSPS) is 15.7. The standard InChI is InChI=1S/C29H40O6/c1-16-10-22(11-17(2)20(16)5)8-7-9-24(14-23-12-18(3)21(6)19(4)13-23)26(32)28(34)29(35)27(33)25(31)15-30/h7,10-13,25-35H,8,14-15H2,1-6H3/t9?,25-,26?,27+,28+,29-/m0/s1. The minimum Gasteiger partial charge on any atom is -0.394 e. The van der Waals surface area contributed by atoms with Crippen molar-refractivity contribution < 1.29 is 30.6 Å². The van der Waals surface area contributed by atoms with Crippen LogP contribution in [-0.4, -0.2) is 67.8 Å². The Morgan fingerprint density at radius 3 is 1.63 bits per heavy atom. The van der Waals surface area contributed by atoms with E-state index in [0.717, 1.165) is 22.3 Å². The molecule has 0 saturated heterocycles. The summed E-state index contributed by atoms with van der Waals surface area (Å²) in [5, 5.41) is 60.5. The third-order valence-electron chi connectivity index (χ3n) is 6.96. The van der Waals surface area contributed by atoms with Crippen LogP contribution in [-0.2, 0) is 12.8 Å². The average Bonchev–Trinajstić information content (AvgIpc) is 2.82. The van der Waals surface area contributed by atoms with Crippen molar-refractivity contribution in [2.75, 3.05) is 6.61 Å². The Morgan fingerprint density at radius 2 is 1.17 bits per heavy atom. The van der Waals surface area contributed by atoms with Gasteiger partial charge in [-0.3, -0.25) is 0 Å². The van der Waals surface area contributed by atoms with Crippen LogP contribution in [0.25, 0.3) is 0 Å². The van der Waals surface area contributed by atoms with Crippen molar-refractivity contribution in [3.05, 3.63) is 86.2 Å². The number of aliphatic hydroxyl groups excluding tert-OH is 6. The third-order valence-corrected chi connectivity index (χ3v) is 6.96. The summed E-state index contributed by atoms with van der Waals surface area (Å²) in [6.45, 7) is 11.5. The lowest BCUT2D eigenvalue weighted by atomic mass is 9.90. The van der Waals surface area contributed by atoms with E-state index in [4.69, 9.17) is 5.11 Å². The van der Waals surface area contributed by atoms with Gasteiger partial charge in [0.2, 0.25) is 0 Å². The Kier molecular flexibility index (Phi) is 10.4. The number of benzene rings is 2. The smallest absolute Gasteiger partial charge is 0.113 e. The zero-order valence-electron chi connectivity index (χ0n) is 21.6. The summed E-state index contributed by atoms with van der Waals surface area (Å²) < 4.78 is 0. The molecule has 6 N–H and O–H groups in total. The van der Waals surface area contributed by atoms with Gasteiger partial charge in [0.05, 0.1) is 6.61 Å². The van der Waals surface area contributed by atoms with Gasteiger partial charge in [0.15, 0.2) is 0 Å². The summed E-state index contributed by atoms with van der Waals surface area (Å²) >= 11 is 0. The van der Waals surface area contributed by atoms with Crippen molar-refractivity contribution in [2.45, 2.75) is 84.9 Å². The van der Waals surface area contributed by atoms with Crippen LogP contribution in [0.1, 0.15) is 44.5 Å². The Hall–Kier alpha value is -2.28. The van der Waals surface area contributed by atoms with Crippen LogP contribution < -0.4 is 0 Å². The van der Waals surface area contributed by atoms with E-state index < -0.39 is 37.1 Å². The summed E-state index contributed by atoms with van der Waals surface area (Å²) in [5.41, 5.74) is 12.5. The van der Waals surface area contributed by atoms with Crippen LogP contribution in [0.5, 0.6) is 0 Å². The highest BCUT2D eigenvalue weighted by Gasteiger charge is 2.35. The van der Waals surface area contributed by atoms with Gasteiger partial charge < -0.3 is 30.6 Å². The molecule has 0 fully saturated rings. The fourth-order valence-electron chi connectivity index (χ4n) is 4.16. The van der Waals surface area contributed by atoms with Crippen LogP contribution in [0.3, 0.4) is 0 Å². The Labute approximate surface area is 208 Å². The first-order chi connectivity index (χ1) is 16.4. The first-order valence-electron chi connectivity index (χ1n) is 12.0. The predicted octanol–water partition coefficient (Wildman–Crippen LogP) is 2.20. The highest BCUT2D eigenvalue weighted by atomic mass is 16.4. The van der Waals surface area contributed by atoms with Crippen molar-refractivity contribution in [2.24, 2.45) is 0 Å². The second kappa shape index (κ2) is 12.6. The Morgan fingerprint density at radius 1 is 0.714 bits per heavy atom. The molecular formula is C29H40O6. The molecule has 0 saturated carbocycles. The van der Waals surface area contributed by atoms with Crippen molar-refractivity contribution in [1.29, 1.82) is 0 Å². The van der Waals surface area contributed by atoms with Crippen molar-refractivity contribution in [1.82, 2.24) is 0 Å². The SMILES string of the molecule is Cc1cc(CC=C=C(Cc2cc(C)c(C)c(C)c2)C(O)[C@@H](O)[C@@H](O)[C@H](O)[C@@H](O)CO)cc(C)c1C. The maximum Gasteiger partial charge on any atom is 0.113 e. The van der Waals surface area contributed by atoms with Crippen LogP contribution in [0.2, 0.25) is 0 Å². The van der Waals surface area contributed by atoms with Gasteiger partial charge in [0.25, 0.3) is 0 Å².